The highest BCUT2D eigenvalue weighted by molar-refractivity contribution is 5.48. The summed E-state index contributed by atoms with van der Waals surface area (Å²) < 4.78 is 27.6. The molecule has 1 N–H and O–H groups in total. The number of hydrogen-bond donors (Lipinski definition) is 1. The zero-order chi connectivity index (χ0) is 15.4. The second-order valence-corrected chi connectivity index (χ2v) is 5.78. The van der Waals surface area contributed by atoms with Crippen molar-refractivity contribution in [1.82, 2.24) is 9.88 Å². The molecule has 0 aromatic carbocycles. The SMILES string of the molecule is CCNc1nc(N(C)CC2CCN(C)CC2)c(F)cc1F. The van der Waals surface area contributed by atoms with Gasteiger partial charge in [0.05, 0.1) is 0 Å². The summed E-state index contributed by atoms with van der Waals surface area (Å²) in [5.41, 5.74) is 0. The van der Waals surface area contributed by atoms with E-state index in [0.717, 1.165) is 38.5 Å². The predicted octanol–water partition coefficient (Wildman–Crippen LogP) is 2.57. The molecule has 0 bridgehead atoms. The quantitative estimate of drug-likeness (QED) is 0.905. The topological polar surface area (TPSA) is 31.4 Å². The van der Waals surface area contributed by atoms with Crippen LogP contribution in [0.15, 0.2) is 6.07 Å². The Labute approximate surface area is 125 Å². The van der Waals surface area contributed by atoms with Gasteiger partial charge in [0.2, 0.25) is 0 Å². The van der Waals surface area contributed by atoms with Gasteiger partial charge in [-0.1, -0.05) is 0 Å². The van der Waals surface area contributed by atoms with Crippen molar-refractivity contribution in [3.05, 3.63) is 17.7 Å². The van der Waals surface area contributed by atoms with Gasteiger partial charge in [-0.3, -0.25) is 0 Å². The molecule has 2 rings (SSSR count). The van der Waals surface area contributed by atoms with Crippen molar-refractivity contribution in [2.75, 3.05) is 50.5 Å². The van der Waals surface area contributed by atoms with Gasteiger partial charge in [0.1, 0.15) is 0 Å². The largest absolute Gasteiger partial charge is 0.368 e. The van der Waals surface area contributed by atoms with Gasteiger partial charge in [0.15, 0.2) is 23.3 Å². The Morgan fingerprint density at radius 1 is 1.33 bits per heavy atom. The second kappa shape index (κ2) is 7.02. The Bertz CT molecular complexity index is 473. The van der Waals surface area contributed by atoms with Crippen LogP contribution in [0.4, 0.5) is 20.4 Å². The fraction of sp³-hybridized carbons (Fsp3) is 0.667. The molecule has 4 nitrogen and oxygen atoms in total. The highest BCUT2D eigenvalue weighted by Gasteiger charge is 2.21. The monoisotopic (exact) mass is 298 g/mol. The smallest absolute Gasteiger partial charge is 0.168 e. The number of piperidine rings is 1. The first-order valence-electron chi connectivity index (χ1n) is 7.50. The molecule has 0 saturated carbocycles. The number of hydrogen-bond acceptors (Lipinski definition) is 4. The Balaban J connectivity index is 2.07. The van der Waals surface area contributed by atoms with Crippen molar-refractivity contribution < 1.29 is 8.78 Å². The molecule has 1 aromatic rings. The number of likely N-dealkylation sites (tertiary alicyclic amines) is 1. The van der Waals surface area contributed by atoms with Crippen LogP contribution < -0.4 is 10.2 Å². The molecule has 1 saturated heterocycles. The normalized spacial score (nSPS) is 17.0. The summed E-state index contributed by atoms with van der Waals surface area (Å²) in [5, 5.41) is 2.82. The van der Waals surface area contributed by atoms with Gasteiger partial charge in [-0.15, -0.1) is 0 Å². The Morgan fingerprint density at radius 3 is 2.62 bits per heavy atom. The molecule has 1 aliphatic rings. The van der Waals surface area contributed by atoms with Crippen LogP contribution in [0.5, 0.6) is 0 Å². The first-order valence-corrected chi connectivity index (χ1v) is 7.50. The first-order chi connectivity index (χ1) is 10.0. The lowest BCUT2D eigenvalue weighted by atomic mass is 9.97. The van der Waals surface area contributed by atoms with E-state index in [9.17, 15) is 8.78 Å². The lowest BCUT2D eigenvalue weighted by molar-refractivity contribution is 0.222. The van der Waals surface area contributed by atoms with Crippen molar-refractivity contribution in [3.63, 3.8) is 0 Å². The zero-order valence-corrected chi connectivity index (χ0v) is 13.0. The molecule has 0 unspecified atom stereocenters. The third-order valence-electron chi connectivity index (χ3n) is 3.99. The van der Waals surface area contributed by atoms with E-state index < -0.39 is 11.6 Å². The number of anilines is 2. The van der Waals surface area contributed by atoms with E-state index in [1.54, 1.807) is 4.90 Å². The third kappa shape index (κ3) is 4.03. The highest BCUT2D eigenvalue weighted by atomic mass is 19.1. The standard InChI is InChI=1S/C15H24F2N4/c1-4-18-14-12(16)9-13(17)15(19-14)21(3)10-11-5-7-20(2)8-6-11/h9,11H,4-8,10H2,1-3H3,(H,18,19). The molecule has 0 radical (unpaired) electrons. The number of rotatable bonds is 5. The van der Waals surface area contributed by atoms with Gasteiger partial charge in [0.25, 0.3) is 0 Å². The van der Waals surface area contributed by atoms with Crippen LogP contribution in [0.3, 0.4) is 0 Å². The predicted molar refractivity (Wildman–Crippen MR) is 81.8 cm³/mol. The molecule has 0 atom stereocenters. The Morgan fingerprint density at radius 2 is 2.00 bits per heavy atom. The van der Waals surface area contributed by atoms with Gasteiger partial charge < -0.3 is 15.1 Å². The van der Waals surface area contributed by atoms with E-state index in [2.05, 4.69) is 22.2 Å². The maximum Gasteiger partial charge on any atom is 0.168 e. The maximum atomic E-state index is 14.0. The Kier molecular flexibility index (Phi) is 5.33. The van der Waals surface area contributed by atoms with Gasteiger partial charge in [-0.05, 0) is 45.8 Å². The van der Waals surface area contributed by atoms with Gasteiger partial charge in [0, 0.05) is 26.2 Å². The summed E-state index contributed by atoms with van der Waals surface area (Å²) in [6.45, 7) is 5.29. The van der Waals surface area contributed by atoms with Crippen molar-refractivity contribution in [2.45, 2.75) is 19.8 Å². The summed E-state index contributed by atoms with van der Waals surface area (Å²) in [7, 11) is 3.93. The van der Waals surface area contributed by atoms with Crippen molar-refractivity contribution in [2.24, 2.45) is 5.92 Å². The minimum Gasteiger partial charge on any atom is -0.368 e. The molecule has 1 aromatic heterocycles. The summed E-state index contributed by atoms with van der Waals surface area (Å²) >= 11 is 0. The first kappa shape index (κ1) is 15.9. The molecular formula is C15H24F2N4. The molecule has 21 heavy (non-hydrogen) atoms. The molecule has 6 heteroatoms. The van der Waals surface area contributed by atoms with E-state index in [1.807, 2.05) is 14.0 Å². The van der Waals surface area contributed by atoms with Crippen LogP contribution in [0.1, 0.15) is 19.8 Å². The zero-order valence-electron chi connectivity index (χ0n) is 13.0. The average Bonchev–Trinajstić information content (AvgIpc) is 2.44. The fourth-order valence-corrected chi connectivity index (χ4v) is 2.73. The lowest BCUT2D eigenvalue weighted by Crippen LogP contribution is -2.36. The van der Waals surface area contributed by atoms with E-state index in [-0.39, 0.29) is 11.6 Å². The van der Waals surface area contributed by atoms with Gasteiger partial charge in [-0.2, -0.15) is 0 Å². The molecule has 0 spiro atoms. The summed E-state index contributed by atoms with van der Waals surface area (Å²) in [5.74, 6) is -0.397. The molecule has 1 aliphatic heterocycles. The number of nitrogens with zero attached hydrogens (tertiary/aromatic N) is 3. The number of pyridine rings is 1. The van der Waals surface area contributed by atoms with Gasteiger partial charge >= 0.3 is 0 Å². The molecule has 0 aliphatic carbocycles. The van der Waals surface area contributed by atoms with Crippen LogP contribution in [0.2, 0.25) is 0 Å². The molecule has 118 valence electrons. The van der Waals surface area contributed by atoms with Crippen LogP contribution in [-0.4, -0.2) is 50.2 Å². The lowest BCUT2D eigenvalue weighted by Gasteiger charge is -2.32. The van der Waals surface area contributed by atoms with Crippen LogP contribution in [0, 0.1) is 17.6 Å². The van der Waals surface area contributed by atoms with Crippen LogP contribution in [0.25, 0.3) is 0 Å². The number of nitrogens with one attached hydrogen (secondary N) is 1. The minimum absolute atomic E-state index is 0.115. The van der Waals surface area contributed by atoms with Crippen molar-refractivity contribution >= 4 is 11.6 Å². The van der Waals surface area contributed by atoms with E-state index >= 15 is 0 Å². The van der Waals surface area contributed by atoms with Crippen LogP contribution >= 0.6 is 0 Å². The van der Waals surface area contributed by atoms with Crippen molar-refractivity contribution in [1.29, 1.82) is 0 Å². The van der Waals surface area contributed by atoms with E-state index in [0.29, 0.717) is 12.5 Å². The summed E-state index contributed by atoms with van der Waals surface area (Å²) in [6.07, 6.45) is 2.20. The molecule has 2 heterocycles. The van der Waals surface area contributed by atoms with E-state index in [4.69, 9.17) is 0 Å². The van der Waals surface area contributed by atoms with E-state index in [1.165, 1.54) is 0 Å². The summed E-state index contributed by atoms with van der Waals surface area (Å²) in [6, 6.07) is 0.908. The number of halogens is 2. The Hall–Kier alpha value is -1.43. The molecule has 1 fully saturated rings. The third-order valence-corrected chi connectivity index (χ3v) is 3.99. The fourth-order valence-electron chi connectivity index (χ4n) is 2.73. The second-order valence-electron chi connectivity index (χ2n) is 5.78. The average molecular weight is 298 g/mol. The minimum atomic E-state index is -0.647. The van der Waals surface area contributed by atoms with Crippen molar-refractivity contribution in [3.8, 4) is 0 Å². The highest BCUT2D eigenvalue weighted by Crippen LogP contribution is 2.24. The molecule has 0 amide bonds. The summed E-state index contributed by atoms with van der Waals surface area (Å²) in [4.78, 5) is 8.20. The maximum absolute atomic E-state index is 14.0. The number of aromatic nitrogens is 1. The molecular weight excluding hydrogens is 274 g/mol. The van der Waals surface area contributed by atoms with Gasteiger partial charge in [-0.25, -0.2) is 13.8 Å². The van der Waals surface area contributed by atoms with Crippen LogP contribution in [-0.2, 0) is 0 Å².